The number of aliphatic hydroxyl groups excluding tert-OH is 6. The number of pyridine rings is 8. The molecule has 49 nitrogen and oxygen atoms in total. The molecule has 30 N–H and O–H groups in total. The van der Waals surface area contributed by atoms with Crippen molar-refractivity contribution >= 4 is 233 Å². The molecule has 0 spiro atoms. The number of anilines is 16. The van der Waals surface area contributed by atoms with Gasteiger partial charge in [-0.15, -0.1) is 0 Å². The van der Waals surface area contributed by atoms with Crippen LogP contribution in [0.25, 0.3) is 93.1 Å². The third-order valence-electron chi connectivity index (χ3n) is 21.1. The van der Waals surface area contributed by atoms with Crippen molar-refractivity contribution in [1.29, 1.82) is 0 Å². The molecule has 0 aromatic carbocycles. The molecule has 786 valence electrons. The first-order valence-electron chi connectivity index (χ1n) is 47.8. The van der Waals surface area contributed by atoms with E-state index in [9.17, 15) is 30.3 Å². The molecule has 0 saturated carbocycles. The molecule has 0 bridgehead atoms. The monoisotopic (exact) mass is 2130 g/mol. The first kappa shape index (κ1) is 116. The average Bonchev–Trinajstić information content (AvgIpc) is 0.884. The quantitative estimate of drug-likeness (QED) is 0.00966. The predicted molar refractivity (Wildman–Crippen MR) is 591 cm³/mol. The van der Waals surface area contributed by atoms with Crippen molar-refractivity contribution in [2.45, 2.75) is 175 Å². The summed E-state index contributed by atoms with van der Waals surface area (Å²) in [4.78, 5) is 115. The molecule has 0 unspecified atom stereocenters. The number of thioether (sulfide) groups is 1. The summed E-state index contributed by atoms with van der Waals surface area (Å²) in [6, 6.07) is 20.7. The van der Waals surface area contributed by atoms with Crippen molar-refractivity contribution < 1.29 is 40.2 Å². The van der Waals surface area contributed by atoms with Gasteiger partial charge in [0.1, 0.15) is 50.2 Å². The Bertz CT molecular complexity index is 6620. The summed E-state index contributed by atoms with van der Waals surface area (Å²) in [7, 11) is 1.36. The number of nitrogens with one attached hydrogen (secondary N) is 8. The Hall–Kier alpha value is -15.4. The van der Waals surface area contributed by atoms with Crippen molar-refractivity contribution in [2.24, 2.45) is 0 Å². The maximum absolute atomic E-state index is 11.7. The Morgan fingerprint density at radius 2 is 0.689 bits per heavy atom. The molecular weight excluding hydrogens is 2000 g/mol. The van der Waals surface area contributed by atoms with E-state index >= 15 is 0 Å². The molecule has 0 fully saturated rings. The second-order valence-corrected chi connectivity index (χ2v) is 35.2. The van der Waals surface area contributed by atoms with Gasteiger partial charge in [-0.1, -0.05) is 91.7 Å². The van der Waals surface area contributed by atoms with E-state index in [1.807, 2.05) is 63.4 Å². The summed E-state index contributed by atoms with van der Waals surface area (Å²) < 4.78 is 5.61. The van der Waals surface area contributed by atoms with Crippen LogP contribution in [0.1, 0.15) is 137 Å². The summed E-state index contributed by atoms with van der Waals surface area (Å²) in [6.07, 6.45) is 27.6. The number of ether oxygens (including phenoxy) is 1. The van der Waals surface area contributed by atoms with Crippen LogP contribution in [0.2, 0.25) is 5.02 Å². The number of nitrogen functional groups attached to an aromatic ring is 8. The van der Waals surface area contributed by atoms with Gasteiger partial charge in [-0.2, -0.15) is 51.6 Å². The zero-order chi connectivity index (χ0) is 107. The highest BCUT2D eigenvalue weighted by Gasteiger charge is 2.24. The van der Waals surface area contributed by atoms with E-state index in [0.717, 1.165) is 116 Å². The van der Waals surface area contributed by atoms with E-state index < -0.39 is 6.04 Å². The van der Waals surface area contributed by atoms with Gasteiger partial charge in [0.15, 0.2) is 46.5 Å². The van der Waals surface area contributed by atoms with Gasteiger partial charge >= 0.3 is 5.97 Å². The summed E-state index contributed by atoms with van der Waals surface area (Å²) in [5.74, 6) is 6.57. The van der Waals surface area contributed by atoms with Crippen LogP contribution >= 0.6 is 39.3 Å². The molecule has 0 aliphatic carbocycles. The van der Waals surface area contributed by atoms with Crippen molar-refractivity contribution in [3.05, 3.63) is 149 Å². The Labute approximate surface area is 871 Å². The van der Waals surface area contributed by atoms with Gasteiger partial charge < -0.3 is 124 Å². The minimum atomic E-state index is -0.482. The van der Waals surface area contributed by atoms with Crippen LogP contribution in [-0.2, 0) is 9.53 Å². The number of carbonyl (C=O) groups is 1. The number of hydrogen-bond acceptors (Lipinski definition) is 49. The summed E-state index contributed by atoms with van der Waals surface area (Å²) in [5.41, 5.74) is 57.2. The number of methoxy groups -OCH3 is 1. The maximum Gasteiger partial charge on any atom is 0.328 e. The predicted octanol–water partition coefficient (Wildman–Crippen LogP) is 11.7. The van der Waals surface area contributed by atoms with Gasteiger partial charge in [-0.3, -0.25) is 29.9 Å². The van der Waals surface area contributed by atoms with E-state index in [0.29, 0.717) is 148 Å². The minimum Gasteiger partial charge on any atom is -0.467 e. The summed E-state index contributed by atoms with van der Waals surface area (Å²) in [6.45, 7) is 23.1. The molecule has 6 atom stereocenters. The van der Waals surface area contributed by atoms with Gasteiger partial charge in [-0.25, -0.2) is 59.5 Å². The second-order valence-electron chi connectivity index (χ2n) is 32.9. The van der Waals surface area contributed by atoms with E-state index in [1.165, 1.54) is 19.5 Å². The molecule has 16 rings (SSSR count). The van der Waals surface area contributed by atoms with Crippen LogP contribution in [0.5, 0.6) is 0 Å². The lowest BCUT2D eigenvalue weighted by atomic mass is 10.1. The standard InChI is InChI=1S/C13H16N6O.C13H17N5O2.C13H19N5O.C12H16BrN5O.C12H16ClN5O.C12H17N5OS.C11H15N5.C10H13N5O/c1-3-4-8(7-20)17-12-11-10(18-13(14)19-12)5-9(15-2)6-16-11;1-3-5-9(12(19)20-2)16-11-10-8(6-4-7-15-10)17-13(14)18-11;1-3-4-9(7-19)16-12-11-10(17-13(14)18-12)5-8(2)6-15-11;2*1-2-3-8(6-19)16-11-10-9(17-12(14)18-11)4-7(13)5-15-10;1-19-6-4-8(7-18)15-11-10-9(3-2-5-14-10)16-12(13)17-11;1-2-3-6-14-10-9-8(5-4-7-13-9)15-11(12)16-10;11-10-14-7-3-1-4-12-8(7)9(15-10)13-5-2-6-16/h5-6,8,20H,3-4,7H2,1H3,(H3,14,17,18,19);4,6-7,9H,3,5H2,1-2H3,(H3,14,16,17,18);5-6,9,19H,3-4,7H2,1-2H3,(H3,14,16,17,18);2*4-5,8,19H,2-3,6H2,1H3,(H3,14,16,17,18);2-3,5,8,18H,4,6-7H2,1H3,(H3,13,15,16,17);4-5,7H,2-3,6H2,1H3,(H3,12,14,15,16);1,3-4,16H,2,5-6H2,(H3,11,13,14,15)/t8-;2*9-;3*8-;;/m000000../s1. The largest absolute Gasteiger partial charge is 0.467 e. The number of fused-ring (bicyclic) bond motifs is 8. The van der Waals surface area contributed by atoms with Crippen molar-refractivity contribution in [3.63, 3.8) is 0 Å². The smallest absolute Gasteiger partial charge is 0.328 e. The molecule has 16 aromatic heterocycles. The Morgan fingerprint density at radius 3 is 1.03 bits per heavy atom. The third kappa shape index (κ3) is 35.8. The highest BCUT2D eigenvalue weighted by molar-refractivity contribution is 9.10. The van der Waals surface area contributed by atoms with Crippen LogP contribution in [-0.4, -0.2) is 264 Å². The van der Waals surface area contributed by atoms with E-state index in [-0.39, 0.29) is 123 Å². The van der Waals surface area contributed by atoms with Crippen LogP contribution in [0.3, 0.4) is 0 Å². The lowest BCUT2D eigenvalue weighted by Gasteiger charge is -2.17. The molecule has 16 aromatic rings. The van der Waals surface area contributed by atoms with Crippen LogP contribution in [0, 0.1) is 13.5 Å². The Balaban J connectivity index is 0.000000188. The number of nitrogens with two attached hydrogens (primary N) is 8. The van der Waals surface area contributed by atoms with E-state index in [1.54, 1.807) is 85.3 Å². The normalized spacial score (nSPS) is 12.0. The second kappa shape index (κ2) is 61.1. The molecule has 16 heterocycles. The fraction of sp³-hybridized carbons (Fsp3) is 0.396. The zero-order valence-corrected chi connectivity index (χ0v) is 86.9. The Morgan fingerprint density at radius 1 is 0.385 bits per heavy atom. The number of halogens is 2. The molecule has 0 saturated heterocycles. The van der Waals surface area contributed by atoms with Crippen molar-refractivity contribution in [2.75, 3.05) is 160 Å². The van der Waals surface area contributed by atoms with Crippen LogP contribution in [0.4, 0.5) is 99.8 Å². The van der Waals surface area contributed by atoms with Gasteiger partial charge in [0.25, 0.3) is 0 Å². The maximum atomic E-state index is 11.7. The zero-order valence-electron chi connectivity index (χ0n) is 83.7. The molecule has 148 heavy (non-hydrogen) atoms. The molecule has 0 aliphatic heterocycles. The number of carbonyl (C=O) groups excluding carboxylic acids is 1. The number of rotatable bonds is 39. The van der Waals surface area contributed by atoms with Gasteiger partial charge in [0.05, 0.1) is 126 Å². The number of aryl methyl sites for hydroxylation is 1. The van der Waals surface area contributed by atoms with E-state index in [4.69, 9.17) is 73.9 Å². The van der Waals surface area contributed by atoms with Gasteiger partial charge in [0.2, 0.25) is 53.3 Å². The molecule has 0 radical (unpaired) electrons. The average molecular weight is 2130 g/mol. The van der Waals surface area contributed by atoms with Crippen molar-refractivity contribution in [1.82, 2.24) is 120 Å². The van der Waals surface area contributed by atoms with Crippen LogP contribution < -0.4 is 88.4 Å². The molecule has 52 heteroatoms. The van der Waals surface area contributed by atoms with E-state index in [2.05, 4.69) is 211 Å². The highest BCUT2D eigenvalue weighted by Crippen LogP contribution is 2.31. The first-order valence-corrected chi connectivity index (χ1v) is 50.4. The first-order chi connectivity index (χ1) is 71.6. The number of esters is 1. The van der Waals surface area contributed by atoms with Gasteiger partial charge in [0, 0.05) is 73.7 Å². The molecule has 0 amide bonds. The summed E-state index contributed by atoms with van der Waals surface area (Å²) >= 11 is 11.0. The van der Waals surface area contributed by atoms with Gasteiger partial charge in [-0.05, 0) is 165 Å². The lowest BCUT2D eigenvalue weighted by molar-refractivity contribution is -0.141. The minimum absolute atomic E-state index is 0.000617. The fourth-order valence-electron chi connectivity index (χ4n) is 14.2. The number of aromatic nitrogens is 24. The third-order valence-corrected chi connectivity index (χ3v) is 22.4. The highest BCUT2D eigenvalue weighted by atomic mass is 79.9. The number of hydrogen-bond donors (Lipinski definition) is 22. The lowest BCUT2D eigenvalue weighted by Crippen LogP contribution is -2.31. The van der Waals surface area contributed by atoms with Crippen LogP contribution in [0.15, 0.2) is 127 Å². The fourth-order valence-corrected chi connectivity index (χ4v) is 15.2. The Kier molecular flexibility index (Phi) is 48.0. The number of unbranched alkanes of at least 4 members (excludes halogenated alkanes) is 1. The topological polar surface area (TPSA) is 766 Å². The number of aliphatic hydroxyl groups is 6. The number of nitrogens with zero attached hydrogens (tertiary/aromatic N) is 25. The SMILES string of the molecule is CCCCNc1nc(N)nc2cccnc12.CCC[C@@H](CO)Nc1nc(N)nc2cc(Br)cnc12.CCC[C@@H](CO)Nc1nc(N)nc2cc(C)cnc12.CCC[C@@H](CO)Nc1nc(N)nc2cc(Cl)cnc12.CCC[C@H](Nc1nc(N)nc2cccnc12)C(=O)OC.CSCC[C@@H](CO)Nc1nc(N)nc2cccnc12.Nc1nc(NCCCO)c2ncccc2n1.[C-]#[N+]c1cnc2c(N[C@H](CO)CCC)nc(N)nc2c1. The molecular formula is C96H129BrClN41O8S. The summed E-state index contributed by atoms with van der Waals surface area (Å²) in [5, 5.41) is 81.1. The van der Waals surface area contributed by atoms with Crippen molar-refractivity contribution in [3.8, 4) is 0 Å². The molecule has 0 aliphatic rings.